The summed E-state index contributed by atoms with van der Waals surface area (Å²) >= 11 is 0. The largest absolute Gasteiger partial charge is 0.348 e. The van der Waals surface area contributed by atoms with Crippen molar-refractivity contribution in [3.05, 3.63) is 47.0 Å². The summed E-state index contributed by atoms with van der Waals surface area (Å²) in [6.07, 6.45) is 4.57. The number of hydrogen-bond acceptors (Lipinski definition) is 4. The van der Waals surface area contributed by atoms with Gasteiger partial charge >= 0.3 is 0 Å². The molecule has 2 N–H and O–H groups in total. The molecule has 1 aliphatic heterocycles. The summed E-state index contributed by atoms with van der Waals surface area (Å²) < 4.78 is 0. The van der Waals surface area contributed by atoms with E-state index in [0.717, 1.165) is 37.6 Å². The van der Waals surface area contributed by atoms with Gasteiger partial charge in [0.25, 0.3) is 0 Å². The van der Waals surface area contributed by atoms with Gasteiger partial charge in [0.15, 0.2) is 5.82 Å². The number of hydrogen-bond donors (Lipinski definition) is 2. The van der Waals surface area contributed by atoms with Gasteiger partial charge in [-0.25, -0.2) is 4.98 Å². The van der Waals surface area contributed by atoms with E-state index >= 15 is 0 Å². The van der Waals surface area contributed by atoms with E-state index in [4.69, 9.17) is 0 Å². The summed E-state index contributed by atoms with van der Waals surface area (Å²) in [5.74, 6) is 2.76. The fourth-order valence-electron chi connectivity index (χ4n) is 4.05. The number of piperidine rings is 1. The second-order valence-electron chi connectivity index (χ2n) is 8.15. The Balaban J connectivity index is 1.35. The van der Waals surface area contributed by atoms with Gasteiger partial charge < -0.3 is 5.32 Å². The Labute approximate surface area is 160 Å². The van der Waals surface area contributed by atoms with Crippen LogP contribution < -0.4 is 5.32 Å². The van der Waals surface area contributed by atoms with E-state index in [1.165, 1.54) is 24.0 Å². The van der Waals surface area contributed by atoms with Crippen LogP contribution in [0.1, 0.15) is 60.4 Å². The number of aromatic amines is 1. The van der Waals surface area contributed by atoms with Crippen molar-refractivity contribution in [1.29, 1.82) is 0 Å². The topological polar surface area (TPSA) is 73.9 Å². The standard InChI is InChI=1S/C21H29N5O/c1-14-5-7-16(8-6-14)20(17-9-10-17)23-19(27)13-26-11-3-4-18(12-26)21-22-15(2)24-25-21/h5-8,17-18,20H,3-4,9-13H2,1-2H3,(H,23,27)(H,22,24,25)/t18-,20+/m1/s1. The molecule has 2 heterocycles. The molecule has 2 aromatic rings. The summed E-state index contributed by atoms with van der Waals surface area (Å²) in [6.45, 7) is 6.29. The van der Waals surface area contributed by atoms with Crippen molar-refractivity contribution in [2.45, 2.75) is 51.5 Å². The summed E-state index contributed by atoms with van der Waals surface area (Å²) in [5, 5.41) is 10.5. The number of likely N-dealkylation sites (tertiary alicyclic amines) is 1. The maximum Gasteiger partial charge on any atom is 0.234 e. The summed E-state index contributed by atoms with van der Waals surface area (Å²) in [6, 6.07) is 8.72. The number of carbonyl (C=O) groups is 1. The highest BCUT2D eigenvalue weighted by Gasteiger charge is 2.34. The van der Waals surface area contributed by atoms with Crippen molar-refractivity contribution in [2.75, 3.05) is 19.6 Å². The highest BCUT2D eigenvalue weighted by molar-refractivity contribution is 5.78. The molecule has 6 heteroatoms. The summed E-state index contributed by atoms with van der Waals surface area (Å²) in [7, 11) is 0. The molecular formula is C21H29N5O. The molecule has 2 aliphatic rings. The quantitative estimate of drug-likeness (QED) is 0.823. The summed E-state index contributed by atoms with van der Waals surface area (Å²) in [4.78, 5) is 19.5. The van der Waals surface area contributed by atoms with E-state index in [9.17, 15) is 4.79 Å². The van der Waals surface area contributed by atoms with Crippen molar-refractivity contribution in [2.24, 2.45) is 5.92 Å². The molecule has 0 radical (unpaired) electrons. The van der Waals surface area contributed by atoms with Crippen LogP contribution in [0, 0.1) is 19.8 Å². The third kappa shape index (κ3) is 4.56. The predicted octanol–water partition coefficient (Wildman–Crippen LogP) is 2.87. The lowest BCUT2D eigenvalue weighted by Crippen LogP contribution is -2.43. The van der Waals surface area contributed by atoms with Gasteiger partial charge in [-0.15, -0.1) is 0 Å². The number of carbonyl (C=O) groups excluding carboxylic acids is 1. The fourth-order valence-corrected chi connectivity index (χ4v) is 4.05. The van der Waals surface area contributed by atoms with Crippen molar-refractivity contribution < 1.29 is 4.79 Å². The van der Waals surface area contributed by atoms with Crippen LogP contribution in [0.3, 0.4) is 0 Å². The van der Waals surface area contributed by atoms with E-state index in [2.05, 4.69) is 56.6 Å². The van der Waals surface area contributed by atoms with Gasteiger partial charge in [0.05, 0.1) is 12.6 Å². The highest BCUT2D eigenvalue weighted by Crippen LogP contribution is 2.41. The second kappa shape index (κ2) is 7.80. The Morgan fingerprint density at radius 2 is 2.04 bits per heavy atom. The molecule has 2 atom stereocenters. The maximum absolute atomic E-state index is 12.8. The lowest BCUT2D eigenvalue weighted by atomic mass is 9.97. The number of rotatable bonds is 6. The second-order valence-corrected chi connectivity index (χ2v) is 8.15. The predicted molar refractivity (Wildman–Crippen MR) is 104 cm³/mol. The minimum atomic E-state index is 0.124. The molecule has 0 bridgehead atoms. The SMILES string of the molecule is Cc1ccc([C@H](NC(=O)CN2CCC[C@@H](c3n[nH]c(C)n3)C2)C2CC2)cc1. The van der Waals surface area contributed by atoms with Crippen LogP contribution in [0.2, 0.25) is 0 Å². The molecule has 1 saturated heterocycles. The van der Waals surface area contributed by atoms with E-state index in [1.54, 1.807) is 0 Å². The Hall–Kier alpha value is -2.21. The van der Waals surface area contributed by atoms with Gasteiger partial charge in [0.1, 0.15) is 5.82 Å². The molecule has 4 rings (SSSR count). The third-order valence-corrected chi connectivity index (χ3v) is 5.70. The highest BCUT2D eigenvalue weighted by atomic mass is 16.2. The van der Waals surface area contributed by atoms with Crippen LogP contribution in [-0.4, -0.2) is 45.6 Å². The number of amides is 1. The van der Waals surface area contributed by atoms with Crippen molar-refractivity contribution in [1.82, 2.24) is 25.4 Å². The minimum Gasteiger partial charge on any atom is -0.348 e. The van der Waals surface area contributed by atoms with Gasteiger partial charge in [-0.3, -0.25) is 14.8 Å². The van der Waals surface area contributed by atoms with Crippen LogP contribution in [0.25, 0.3) is 0 Å². The number of aryl methyl sites for hydroxylation is 2. The normalized spacial score (nSPS) is 21.8. The monoisotopic (exact) mass is 367 g/mol. The Morgan fingerprint density at radius 1 is 1.26 bits per heavy atom. The first-order chi connectivity index (χ1) is 13.1. The van der Waals surface area contributed by atoms with Gasteiger partial charge in [-0.2, -0.15) is 5.10 Å². The lowest BCUT2D eigenvalue weighted by molar-refractivity contribution is -0.123. The van der Waals surface area contributed by atoms with Crippen molar-refractivity contribution >= 4 is 5.91 Å². The molecule has 2 fully saturated rings. The smallest absolute Gasteiger partial charge is 0.234 e. The maximum atomic E-state index is 12.8. The van der Waals surface area contributed by atoms with E-state index in [0.29, 0.717) is 18.4 Å². The molecule has 1 amide bonds. The zero-order valence-corrected chi connectivity index (χ0v) is 16.2. The average Bonchev–Trinajstić information content (AvgIpc) is 3.41. The average molecular weight is 367 g/mol. The Kier molecular flexibility index (Phi) is 5.25. The minimum absolute atomic E-state index is 0.124. The van der Waals surface area contributed by atoms with E-state index in [1.807, 2.05) is 6.92 Å². The molecule has 27 heavy (non-hydrogen) atoms. The van der Waals surface area contributed by atoms with Crippen LogP contribution in [0.4, 0.5) is 0 Å². The number of benzene rings is 1. The first-order valence-electron chi connectivity index (χ1n) is 10.1. The number of H-pyrrole nitrogens is 1. The first kappa shape index (κ1) is 18.2. The molecule has 144 valence electrons. The summed E-state index contributed by atoms with van der Waals surface area (Å²) in [5.41, 5.74) is 2.48. The number of nitrogens with zero attached hydrogens (tertiary/aromatic N) is 3. The van der Waals surface area contributed by atoms with Gasteiger partial charge in [0.2, 0.25) is 5.91 Å². The van der Waals surface area contributed by atoms with E-state index < -0.39 is 0 Å². The van der Waals surface area contributed by atoms with Crippen LogP contribution in [-0.2, 0) is 4.79 Å². The lowest BCUT2D eigenvalue weighted by Gasteiger charge is -2.31. The molecule has 0 unspecified atom stereocenters. The molecule has 1 aromatic carbocycles. The molecule has 0 spiro atoms. The third-order valence-electron chi connectivity index (χ3n) is 5.70. The number of nitrogens with one attached hydrogen (secondary N) is 2. The molecule has 1 aliphatic carbocycles. The van der Waals surface area contributed by atoms with Crippen LogP contribution in [0.5, 0.6) is 0 Å². The van der Waals surface area contributed by atoms with Gasteiger partial charge in [0, 0.05) is 12.5 Å². The molecular weight excluding hydrogens is 338 g/mol. The number of aromatic nitrogens is 3. The zero-order valence-electron chi connectivity index (χ0n) is 16.2. The zero-order chi connectivity index (χ0) is 18.8. The van der Waals surface area contributed by atoms with Crippen molar-refractivity contribution in [3.8, 4) is 0 Å². The Morgan fingerprint density at radius 3 is 2.70 bits per heavy atom. The molecule has 1 saturated carbocycles. The van der Waals surface area contributed by atoms with E-state index in [-0.39, 0.29) is 11.9 Å². The molecule has 1 aromatic heterocycles. The Bertz CT molecular complexity index is 780. The van der Waals surface area contributed by atoms with Crippen LogP contribution >= 0.6 is 0 Å². The fraction of sp³-hybridized carbons (Fsp3) is 0.571. The van der Waals surface area contributed by atoms with Gasteiger partial charge in [-0.05, 0) is 57.6 Å². The van der Waals surface area contributed by atoms with Gasteiger partial charge in [-0.1, -0.05) is 29.8 Å². The van der Waals surface area contributed by atoms with Crippen molar-refractivity contribution in [3.63, 3.8) is 0 Å². The van der Waals surface area contributed by atoms with Crippen LogP contribution in [0.15, 0.2) is 24.3 Å². The first-order valence-corrected chi connectivity index (χ1v) is 10.1. The molecule has 6 nitrogen and oxygen atoms in total.